The van der Waals surface area contributed by atoms with Gasteiger partial charge in [0.15, 0.2) is 13.0 Å². The molecule has 0 unspecified atom stereocenters. The van der Waals surface area contributed by atoms with E-state index < -0.39 is 0 Å². The highest BCUT2D eigenvalue weighted by molar-refractivity contribution is 8.77. The number of hydrogen-bond acceptors (Lipinski definition) is 9. The van der Waals surface area contributed by atoms with Crippen molar-refractivity contribution in [1.82, 2.24) is 20.4 Å². The summed E-state index contributed by atoms with van der Waals surface area (Å²) in [6, 6.07) is 0. The molecular formula is C5H2N4S5. The highest BCUT2D eigenvalue weighted by Gasteiger charge is 2.13. The number of hydrogen-bond donors (Lipinski definition) is 0. The van der Waals surface area contributed by atoms with Crippen LogP contribution < -0.4 is 0 Å². The van der Waals surface area contributed by atoms with Gasteiger partial charge in [-0.2, -0.15) is 0 Å². The van der Waals surface area contributed by atoms with Crippen molar-refractivity contribution >= 4 is 56.0 Å². The molecule has 0 aliphatic carbocycles. The van der Waals surface area contributed by atoms with E-state index in [9.17, 15) is 0 Å². The van der Waals surface area contributed by atoms with Gasteiger partial charge in [0.1, 0.15) is 5.01 Å². The first-order valence-electron chi connectivity index (χ1n) is 3.53. The van der Waals surface area contributed by atoms with Crippen molar-refractivity contribution in [2.45, 2.75) is 18.8 Å². The number of thioether (sulfide) groups is 1. The molecule has 0 aromatic carbocycles. The minimum absolute atomic E-state index is 0.845. The molecule has 0 fully saturated rings. The molecule has 4 nitrogen and oxygen atoms in total. The van der Waals surface area contributed by atoms with Crippen LogP contribution in [-0.2, 0) is 5.75 Å². The SMILES string of the molecule is C1Sc2nnc(s2)SSc2nnc1s2. The van der Waals surface area contributed by atoms with Crippen LogP contribution in [0, 0.1) is 0 Å². The summed E-state index contributed by atoms with van der Waals surface area (Å²) in [5.74, 6) is 0.845. The molecule has 2 aromatic heterocycles. The average Bonchev–Trinajstić information content (AvgIpc) is 2.78. The summed E-state index contributed by atoms with van der Waals surface area (Å²) >= 11 is 4.94. The normalized spacial score (nSPS) is 15.4. The number of aromatic nitrogens is 4. The molecule has 3 rings (SSSR count). The van der Waals surface area contributed by atoms with Crippen LogP contribution in [0.15, 0.2) is 13.0 Å². The van der Waals surface area contributed by atoms with Gasteiger partial charge in [-0.1, -0.05) is 34.4 Å². The molecule has 0 amide bonds. The Morgan fingerprint density at radius 1 is 0.786 bits per heavy atom. The molecule has 72 valence electrons. The lowest BCUT2D eigenvalue weighted by molar-refractivity contribution is 0.952. The molecule has 1 aliphatic rings. The largest absolute Gasteiger partial charge is 0.186 e. The van der Waals surface area contributed by atoms with Gasteiger partial charge in [-0.3, -0.25) is 0 Å². The van der Waals surface area contributed by atoms with E-state index >= 15 is 0 Å². The summed E-state index contributed by atoms with van der Waals surface area (Å²) in [6.07, 6.45) is 0. The first-order chi connectivity index (χ1) is 6.90. The topological polar surface area (TPSA) is 51.6 Å². The monoisotopic (exact) mass is 278 g/mol. The van der Waals surface area contributed by atoms with Crippen LogP contribution in [-0.4, -0.2) is 20.4 Å². The van der Waals surface area contributed by atoms with Crippen molar-refractivity contribution in [2.75, 3.05) is 0 Å². The molecule has 0 atom stereocenters. The van der Waals surface area contributed by atoms with Gasteiger partial charge in [-0.15, -0.1) is 20.4 Å². The molecule has 9 heteroatoms. The standard InChI is InChI=1S/C5H2N4S5/c1-2-6-8-4(11-2)13-14-5-9-7-3(10-1)12-5/h1H2. The first-order valence-corrected chi connectivity index (χ1v) is 8.30. The third kappa shape index (κ3) is 1.91. The lowest BCUT2D eigenvalue weighted by Gasteiger charge is -1.92. The fourth-order valence-corrected chi connectivity index (χ4v) is 6.06. The molecule has 0 N–H and O–H groups in total. The maximum Gasteiger partial charge on any atom is 0.186 e. The Morgan fingerprint density at radius 3 is 2.43 bits per heavy atom. The van der Waals surface area contributed by atoms with Crippen LogP contribution in [0.5, 0.6) is 0 Å². The minimum Gasteiger partial charge on any atom is -0.142 e. The zero-order valence-electron chi connectivity index (χ0n) is 6.54. The Hall–Kier alpha value is 0.170. The van der Waals surface area contributed by atoms with E-state index in [4.69, 9.17) is 0 Å². The van der Waals surface area contributed by atoms with E-state index in [2.05, 4.69) is 20.4 Å². The molecule has 3 heterocycles. The summed E-state index contributed by atoms with van der Waals surface area (Å²) in [7, 11) is 3.20. The lowest BCUT2D eigenvalue weighted by atomic mass is 10.9. The predicted molar refractivity (Wildman–Crippen MR) is 61.1 cm³/mol. The molecule has 0 saturated heterocycles. The van der Waals surface area contributed by atoms with E-state index in [-0.39, 0.29) is 0 Å². The van der Waals surface area contributed by atoms with Crippen LogP contribution >= 0.6 is 56.0 Å². The molecule has 4 bridgehead atoms. The van der Waals surface area contributed by atoms with Gasteiger partial charge in [0.25, 0.3) is 0 Å². The van der Waals surface area contributed by atoms with Crippen LogP contribution in [0.1, 0.15) is 5.01 Å². The highest BCUT2D eigenvalue weighted by Crippen LogP contribution is 2.43. The molecular weight excluding hydrogens is 276 g/mol. The van der Waals surface area contributed by atoms with Gasteiger partial charge < -0.3 is 0 Å². The maximum atomic E-state index is 4.09. The first kappa shape index (κ1) is 9.40. The van der Waals surface area contributed by atoms with Crippen molar-refractivity contribution < 1.29 is 0 Å². The lowest BCUT2D eigenvalue weighted by Crippen LogP contribution is -1.79. The van der Waals surface area contributed by atoms with Gasteiger partial charge >= 0.3 is 0 Å². The third-order valence-corrected chi connectivity index (χ3v) is 7.46. The second-order valence-electron chi connectivity index (χ2n) is 2.25. The number of fused-ring (bicyclic) bond motifs is 4. The van der Waals surface area contributed by atoms with Gasteiger partial charge in [0.05, 0.1) is 5.75 Å². The van der Waals surface area contributed by atoms with E-state index in [0.717, 1.165) is 23.8 Å². The Labute approximate surface area is 99.7 Å². The molecule has 14 heavy (non-hydrogen) atoms. The van der Waals surface area contributed by atoms with Crippen LogP contribution in [0.4, 0.5) is 0 Å². The Bertz CT molecular complexity index is 371. The molecule has 0 saturated carbocycles. The third-order valence-electron chi connectivity index (χ3n) is 1.34. The van der Waals surface area contributed by atoms with Crippen LogP contribution in [0.25, 0.3) is 0 Å². The highest BCUT2D eigenvalue weighted by atomic mass is 33.1. The maximum absolute atomic E-state index is 4.09. The van der Waals surface area contributed by atoms with Crippen molar-refractivity contribution in [3.63, 3.8) is 0 Å². The molecule has 1 aliphatic heterocycles. The van der Waals surface area contributed by atoms with Crippen molar-refractivity contribution in [2.24, 2.45) is 0 Å². The quantitative estimate of drug-likeness (QED) is 0.687. The zero-order chi connectivity index (χ0) is 9.38. The second-order valence-corrected chi connectivity index (χ2v) is 8.14. The Morgan fingerprint density at radius 2 is 1.50 bits per heavy atom. The summed E-state index contributed by atoms with van der Waals surface area (Å²) in [4.78, 5) is 0. The molecule has 2 aromatic rings. The smallest absolute Gasteiger partial charge is 0.142 e. The Kier molecular flexibility index (Phi) is 2.66. The number of rotatable bonds is 0. The van der Waals surface area contributed by atoms with Gasteiger partial charge in [0, 0.05) is 0 Å². The summed E-state index contributed by atoms with van der Waals surface area (Å²) < 4.78 is 2.98. The van der Waals surface area contributed by atoms with Gasteiger partial charge in [0.2, 0.25) is 0 Å². The Balaban J connectivity index is 1.95. The van der Waals surface area contributed by atoms with E-state index in [1.54, 1.807) is 56.0 Å². The number of nitrogens with zero attached hydrogens (tertiary/aromatic N) is 4. The zero-order valence-corrected chi connectivity index (χ0v) is 10.6. The average molecular weight is 278 g/mol. The van der Waals surface area contributed by atoms with E-state index in [1.807, 2.05) is 0 Å². The second kappa shape index (κ2) is 3.97. The fraction of sp³-hybridized carbons (Fsp3) is 0.200. The van der Waals surface area contributed by atoms with Crippen molar-refractivity contribution in [3.8, 4) is 0 Å². The van der Waals surface area contributed by atoms with E-state index in [1.165, 1.54) is 0 Å². The summed E-state index contributed by atoms with van der Waals surface area (Å²) in [5.41, 5.74) is 0. The molecule has 0 spiro atoms. The van der Waals surface area contributed by atoms with Gasteiger partial charge in [-0.25, -0.2) is 0 Å². The molecule has 0 radical (unpaired) electrons. The van der Waals surface area contributed by atoms with Crippen LogP contribution in [0.3, 0.4) is 0 Å². The summed E-state index contributed by atoms with van der Waals surface area (Å²) in [5, 5.41) is 17.4. The van der Waals surface area contributed by atoms with Crippen molar-refractivity contribution in [3.05, 3.63) is 5.01 Å². The minimum atomic E-state index is 0.845. The van der Waals surface area contributed by atoms with Gasteiger partial charge in [-0.05, 0) is 21.6 Å². The predicted octanol–water partition coefficient (Wildman–Crippen LogP) is 2.79. The fourth-order valence-electron chi connectivity index (χ4n) is 0.814. The summed E-state index contributed by atoms with van der Waals surface area (Å²) in [6.45, 7) is 0. The van der Waals surface area contributed by atoms with E-state index in [0.29, 0.717) is 0 Å². The van der Waals surface area contributed by atoms with Crippen molar-refractivity contribution in [1.29, 1.82) is 0 Å². The van der Waals surface area contributed by atoms with Crippen LogP contribution in [0.2, 0.25) is 0 Å².